The highest BCUT2D eigenvalue weighted by atomic mass is 32.2. The van der Waals surface area contributed by atoms with Gasteiger partial charge in [-0.15, -0.1) is 0 Å². The quantitative estimate of drug-likeness (QED) is 0.891. The zero-order chi connectivity index (χ0) is 12.1. The predicted octanol–water partition coefficient (Wildman–Crippen LogP) is 2.46. The van der Waals surface area contributed by atoms with E-state index in [-0.39, 0.29) is 6.10 Å². The van der Waals surface area contributed by atoms with Crippen LogP contribution in [-0.4, -0.2) is 31.5 Å². The molecule has 1 aromatic carbocycles. The van der Waals surface area contributed by atoms with E-state index in [4.69, 9.17) is 4.74 Å². The number of nitrogens with one attached hydrogen (secondary N) is 1. The second kappa shape index (κ2) is 6.07. The van der Waals surface area contributed by atoms with Gasteiger partial charge in [-0.05, 0) is 12.5 Å². The van der Waals surface area contributed by atoms with Crippen molar-refractivity contribution in [1.82, 2.24) is 5.32 Å². The van der Waals surface area contributed by atoms with E-state index in [9.17, 15) is 0 Å². The van der Waals surface area contributed by atoms with Crippen LogP contribution in [0.15, 0.2) is 35.3 Å². The molecular weight excluding hydrogens is 232 g/mol. The average Bonchev–Trinajstić information content (AvgIpc) is 2.86. The number of amidine groups is 1. The second-order valence-electron chi connectivity index (χ2n) is 4.09. The van der Waals surface area contributed by atoms with E-state index < -0.39 is 0 Å². The molecule has 0 radical (unpaired) electrons. The van der Waals surface area contributed by atoms with Crippen LogP contribution < -0.4 is 5.32 Å². The number of nitrogens with zero attached hydrogens (tertiary/aromatic N) is 1. The molecule has 2 atom stereocenters. The highest BCUT2D eigenvalue weighted by Gasteiger charge is 2.20. The van der Waals surface area contributed by atoms with Gasteiger partial charge in [-0.1, -0.05) is 42.1 Å². The smallest absolute Gasteiger partial charge is 0.157 e. The molecule has 0 aromatic heterocycles. The summed E-state index contributed by atoms with van der Waals surface area (Å²) in [6, 6.07) is 10.5. The summed E-state index contributed by atoms with van der Waals surface area (Å²) in [7, 11) is 1.72. The van der Waals surface area contributed by atoms with E-state index in [1.165, 1.54) is 5.56 Å². The van der Waals surface area contributed by atoms with E-state index in [0.717, 1.165) is 18.3 Å². The molecule has 1 N–H and O–H groups in total. The first-order valence-electron chi connectivity index (χ1n) is 5.82. The molecule has 1 aliphatic rings. The Morgan fingerprint density at radius 2 is 2.24 bits per heavy atom. The normalized spacial score (nSPS) is 21.1. The van der Waals surface area contributed by atoms with Crippen molar-refractivity contribution in [1.29, 1.82) is 0 Å². The van der Waals surface area contributed by atoms with Crippen LogP contribution >= 0.6 is 11.8 Å². The van der Waals surface area contributed by atoms with E-state index >= 15 is 0 Å². The Morgan fingerprint density at radius 3 is 2.94 bits per heavy atom. The first kappa shape index (κ1) is 12.5. The fourth-order valence-electron chi connectivity index (χ4n) is 1.63. The lowest BCUT2D eigenvalue weighted by Crippen LogP contribution is -2.29. The molecule has 0 bridgehead atoms. The maximum Gasteiger partial charge on any atom is 0.157 e. The molecule has 1 aliphatic heterocycles. The summed E-state index contributed by atoms with van der Waals surface area (Å²) < 4.78 is 5.19. The maximum absolute atomic E-state index is 5.19. The van der Waals surface area contributed by atoms with Gasteiger partial charge in [0.15, 0.2) is 5.17 Å². The first-order valence-corrected chi connectivity index (χ1v) is 6.70. The van der Waals surface area contributed by atoms with Crippen molar-refractivity contribution < 1.29 is 4.74 Å². The summed E-state index contributed by atoms with van der Waals surface area (Å²) in [6.07, 6.45) is 0.217. The van der Waals surface area contributed by atoms with Crippen molar-refractivity contribution in [3.8, 4) is 0 Å². The number of methoxy groups -OCH3 is 1. The Balaban J connectivity index is 1.83. The van der Waals surface area contributed by atoms with Gasteiger partial charge in [-0.2, -0.15) is 0 Å². The molecule has 0 fully saturated rings. The Kier molecular flexibility index (Phi) is 4.45. The van der Waals surface area contributed by atoms with Crippen molar-refractivity contribution in [2.24, 2.45) is 4.99 Å². The Labute approximate surface area is 107 Å². The topological polar surface area (TPSA) is 33.6 Å². The first-order chi connectivity index (χ1) is 8.29. The number of benzene rings is 1. The standard InChI is InChI=1S/C13H18N2OS/c1-10(16-2)8-14-13-15-9-12(17-13)11-6-4-3-5-7-11/h3-7,10,12H,8-9H2,1-2H3,(H,14,15). The fraction of sp³-hybridized carbons (Fsp3) is 0.462. The molecule has 2 unspecified atom stereocenters. The van der Waals surface area contributed by atoms with Crippen LogP contribution in [0.4, 0.5) is 0 Å². The van der Waals surface area contributed by atoms with Gasteiger partial charge < -0.3 is 10.1 Å². The van der Waals surface area contributed by atoms with Gasteiger partial charge in [0.05, 0.1) is 17.9 Å². The monoisotopic (exact) mass is 250 g/mol. The van der Waals surface area contributed by atoms with Crippen LogP contribution in [-0.2, 0) is 4.74 Å². The van der Waals surface area contributed by atoms with E-state index in [1.807, 2.05) is 13.0 Å². The molecule has 4 heteroatoms. The van der Waals surface area contributed by atoms with Crippen molar-refractivity contribution in [2.75, 3.05) is 20.2 Å². The van der Waals surface area contributed by atoms with E-state index in [1.54, 1.807) is 18.9 Å². The van der Waals surface area contributed by atoms with Gasteiger partial charge in [0, 0.05) is 13.7 Å². The summed E-state index contributed by atoms with van der Waals surface area (Å²) in [6.45, 7) is 3.71. The third-order valence-corrected chi connectivity index (χ3v) is 3.97. The predicted molar refractivity (Wildman–Crippen MR) is 73.5 cm³/mol. The van der Waals surface area contributed by atoms with E-state index in [0.29, 0.717) is 5.25 Å². The lowest BCUT2D eigenvalue weighted by atomic mass is 10.1. The average molecular weight is 250 g/mol. The summed E-state index contributed by atoms with van der Waals surface area (Å²) in [5.41, 5.74) is 1.35. The van der Waals surface area contributed by atoms with Crippen molar-refractivity contribution in [3.63, 3.8) is 0 Å². The summed E-state index contributed by atoms with van der Waals surface area (Å²) in [4.78, 5) is 4.51. The molecule has 17 heavy (non-hydrogen) atoms. The molecule has 2 rings (SSSR count). The van der Waals surface area contributed by atoms with Crippen LogP contribution in [0.1, 0.15) is 17.7 Å². The molecular formula is C13H18N2OS. The number of ether oxygens (including phenoxy) is 1. The minimum Gasteiger partial charge on any atom is -0.380 e. The SMILES string of the molecule is COC(C)CNC1=NCC(c2ccccc2)S1. The molecule has 0 spiro atoms. The van der Waals surface area contributed by atoms with Gasteiger partial charge in [0.25, 0.3) is 0 Å². The molecule has 1 aromatic rings. The lowest BCUT2D eigenvalue weighted by molar-refractivity contribution is 0.121. The third-order valence-electron chi connectivity index (χ3n) is 2.77. The molecule has 0 saturated carbocycles. The molecule has 0 saturated heterocycles. The fourth-order valence-corrected chi connectivity index (χ4v) is 2.66. The Morgan fingerprint density at radius 1 is 1.47 bits per heavy atom. The number of hydrogen-bond acceptors (Lipinski definition) is 4. The van der Waals surface area contributed by atoms with Crippen LogP contribution in [0.5, 0.6) is 0 Å². The van der Waals surface area contributed by atoms with Crippen LogP contribution in [0.25, 0.3) is 0 Å². The van der Waals surface area contributed by atoms with Gasteiger partial charge in [0.2, 0.25) is 0 Å². The number of rotatable bonds is 4. The van der Waals surface area contributed by atoms with E-state index in [2.05, 4.69) is 34.6 Å². The zero-order valence-electron chi connectivity index (χ0n) is 10.2. The summed E-state index contributed by atoms with van der Waals surface area (Å²) in [5, 5.41) is 4.81. The van der Waals surface area contributed by atoms with Crippen molar-refractivity contribution >= 4 is 16.9 Å². The van der Waals surface area contributed by atoms with Crippen LogP contribution in [0, 0.1) is 0 Å². The maximum atomic E-state index is 5.19. The van der Waals surface area contributed by atoms with Crippen LogP contribution in [0.2, 0.25) is 0 Å². The number of aliphatic imine (C=N–C) groups is 1. The zero-order valence-corrected chi connectivity index (χ0v) is 11.0. The van der Waals surface area contributed by atoms with Crippen molar-refractivity contribution in [2.45, 2.75) is 18.3 Å². The number of hydrogen-bond donors (Lipinski definition) is 1. The molecule has 0 aliphatic carbocycles. The molecule has 1 heterocycles. The lowest BCUT2D eigenvalue weighted by Gasteiger charge is -2.12. The number of thioether (sulfide) groups is 1. The minimum atomic E-state index is 0.217. The molecule has 92 valence electrons. The van der Waals surface area contributed by atoms with Gasteiger partial charge in [-0.25, -0.2) is 0 Å². The van der Waals surface area contributed by atoms with Gasteiger partial charge >= 0.3 is 0 Å². The molecule has 0 amide bonds. The van der Waals surface area contributed by atoms with Gasteiger partial charge in [0.1, 0.15) is 0 Å². The highest BCUT2D eigenvalue weighted by Crippen LogP contribution is 2.33. The van der Waals surface area contributed by atoms with Gasteiger partial charge in [-0.3, -0.25) is 4.99 Å². The van der Waals surface area contributed by atoms with Crippen LogP contribution in [0.3, 0.4) is 0 Å². The Hall–Kier alpha value is -1.00. The third kappa shape index (κ3) is 3.48. The minimum absolute atomic E-state index is 0.217. The highest BCUT2D eigenvalue weighted by molar-refractivity contribution is 8.14. The largest absolute Gasteiger partial charge is 0.380 e. The second-order valence-corrected chi connectivity index (χ2v) is 5.28. The molecule has 3 nitrogen and oxygen atoms in total. The van der Waals surface area contributed by atoms with Crippen molar-refractivity contribution in [3.05, 3.63) is 35.9 Å². The Bertz CT molecular complexity index is 380. The summed E-state index contributed by atoms with van der Waals surface area (Å²) in [5.74, 6) is 0. The summed E-state index contributed by atoms with van der Waals surface area (Å²) >= 11 is 1.80.